The summed E-state index contributed by atoms with van der Waals surface area (Å²) in [5, 5.41) is 13.1. The van der Waals surface area contributed by atoms with E-state index in [1.165, 1.54) is 276 Å². The Labute approximate surface area is 627 Å². The summed E-state index contributed by atoms with van der Waals surface area (Å²) in [7, 11) is 0. The van der Waals surface area contributed by atoms with Gasteiger partial charge in [-0.15, -0.1) is 0 Å². The zero-order chi connectivity index (χ0) is 78.2. The number of benzene rings is 10. The summed E-state index contributed by atoms with van der Waals surface area (Å²) < 4.78 is 31.7. The summed E-state index contributed by atoms with van der Waals surface area (Å²) in [5.41, 5.74) is 64.4. The second-order valence-electron chi connectivity index (χ2n) is 32.6. The fourth-order valence-corrected chi connectivity index (χ4v) is 17.6. The molecule has 5 heteroatoms. The Morgan fingerprint density at radius 1 is 0.0762 bits per heavy atom. The Hall–Kier alpha value is -8.80. The van der Waals surface area contributed by atoms with Gasteiger partial charge in [0.05, 0.1) is 0 Å². The maximum absolute atomic E-state index is 6.35. The molecule has 5 heterocycles. The summed E-state index contributed by atoms with van der Waals surface area (Å²) in [6.07, 6.45) is 0. The first-order valence-electron chi connectivity index (χ1n) is 38.3. The SMILES string of the molecule is Cc1c(C)c(C)c2c(oc3c(C)c(C)c(C)c(C)c32)c1C.Cc1c(C)c(C)c2c(oc3c(C)c(C)c(C)c(C)c32)c1C.Cc1c(C)c(C)c2c(oc3c(C)c(C)c(C)c(C)c32)c1C.Cc1c(C)c(C)c2c(oc3c(C)c(C)c(C)c(C)c32)c1C.Cc1c(C)c(C)c2c(oc3c(C)c(C)c(C)c(C)c32)c1C. The van der Waals surface area contributed by atoms with Crippen LogP contribution >= 0.6 is 0 Å². The molecule has 0 fully saturated rings. The lowest BCUT2D eigenvalue weighted by Gasteiger charge is -2.12. The molecule has 0 saturated carbocycles. The van der Waals surface area contributed by atoms with Crippen molar-refractivity contribution >= 4 is 110 Å². The van der Waals surface area contributed by atoms with Crippen molar-refractivity contribution in [3.63, 3.8) is 0 Å². The minimum atomic E-state index is 1.07. The number of aryl methyl sites for hydroxylation is 20. The molecule has 0 unspecified atom stereocenters. The molecule has 0 radical (unpaired) electrons. The molecule has 15 rings (SSSR count). The number of hydrogen-bond acceptors (Lipinski definition) is 5. The van der Waals surface area contributed by atoms with E-state index in [1.54, 1.807) is 0 Å². The summed E-state index contributed by atoms with van der Waals surface area (Å²) in [6, 6.07) is 0. The van der Waals surface area contributed by atoms with Crippen LogP contribution in [0, 0.1) is 277 Å². The van der Waals surface area contributed by atoms with Gasteiger partial charge in [0.2, 0.25) is 0 Å². The van der Waals surface area contributed by atoms with Gasteiger partial charge in [0.15, 0.2) is 0 Å². The van der Waals surface area contributed by atoms with Crippen LogP contribution in [0.5, 0.6) is 0 Å². The second kappa shape index (κ2) is 27.2. The van der Waals surface area contributed by atoms with E-state index in [4.69, 9.17) is 22.1 Å². The van der Waals surface area contributed by atoms with Crippen molar-refractivity contribution < 1.29 is 22.1 Å². The first-order chi connectivity index (χ1) is 48.8. The molecule has 10 aromatic carbocycles. The van der Waals surface area contributed by atoms with E-state index in [1.807, 2.05) is 0 Å². The largest absolute Gasteiger partial charge is 0.455 e. The molecule has 105 heavy (non-hydrogen) atoms. The van der Waals surface area contributed by atoms with Gasteiger partial charge in [0, 0.05) is 53.9 Å². The summed E-state index contributed by atoms with van der Waals surface area (Å²) >= 11 is 0. The molecule has 0 aliphatic heterocycles. The molecule has 0 bridgehead atoms. The van der Waals surface area contributed by atoms with Crippen LogP contribution in [0.2, 0.25) is 0 Å². The Bertz CT molecular complexity index is 5060. The third-order valence-corrected chi connectivity index (χ3v) is 28.6. The van der Waals surface area contributed by atoms with Crippen LogP contribution in [0.1, 0.15) is 223 Å². The molecule has 550 valence electrons. The average Bonchev–Trinajstić information content (AvgIpc) is 1.62. The Balaban J connectivity index is 0.000000131. The maximum Gasteiger partial charge on any atom is 0.138 e. The van der Waals surface area contributed by atoms with Gasteiger partial charge in [-0.1, -0.05) is 0 Å². The van der Waals surface area contributed by atoms with Crippen molar-refractivity contribution in [3.8, 4) is 0 Å². The van der Waals surface area contributed by atoms with E-state index in [9.17, 15) is 0 Å². The average molecular weight is 1400 g/mol. The molecule has 0 aliphatic rings. The molecular weight excluding hydrogens is 1280 g/mol. The van der Waals surface area contributed by atoms with Gasteiger partial charge in [-0.3, -0.25) is 0 Å². The maximum atomic E-state index is 6.35. The van der Waals surface area contributed by atoms with Crippen LogP contribution in [-0.2, 0) is 0 Å². The summed E-state index contributed by atoms with van der Waals surface area (Å²) in [5.74, 6) is 0. The summed E-state index contributed by atoms with van der Waals surface area (Å²) in [6.45, 7) is 88.2. The minimum absolute atomic E-state index is 1.07. The lowest BCUT2D eigenvalue weighted by Crippen LogP contribution is -1.94. The monoisotopic (exact) mass is 1400 g/mol. The molecule has 15 aromatic rings. The van der Waals surface area contributed by atoms with Crippen molar-refractivity contribution in [2.45, 2.75) is 277 Å². The van der Waals surface area contributed by atoms with E-state index in [-0.39, 0.29) is 0 Å². The second-order valence-corrected chi connectivity index (χ2v) is 32.6. The molecule has 0 atom stereocenters. The Morgan fingerprint density at radius 3 is 0.200 bits per heavy atom. The van der Waals surface area contributed by atoms with E-state index in [0.717, 1.165) is 55.8 Å². The number of fused-ring (bicyclic) bond motifs is 15. The molecule has 0 saturated heterocycles. The third-order valence-electron chi connectivity index (χ3n) is 28.6. The van der Waals surface area contributed by atoms with E-state index >= 15 is 0 Å². The van der Waals surface area contributed by atoms with Gasteiger partial charge in [-0.05, 0) is 499 Å². The van der Waals surface area contributed by atoms with E-state index in [2.05, 4.69) is 277 Å². The Kier molecular flexibility index (Phi) is 20.0. The first-order valence-corrected chi connectivity index (χ1v) is 38.3. The van der Waals surface area contributed by atoms with Crippen LogP contribution < -0.4 is 0 Å². The number of rotatable bonds is 0. The minimum Gasteiger partial charge on any atom is -0.455 e. The predicted octanol–water partition coefficient (Wildman–Crippen LogP) is 30.3. The van der Waals surface area contributed by atoms with Gasteiger partial charge in [0.25, 0.3) is 0 Å². The normalized spacial score (nSPS) is 11.8. The van der Waals surface area contributed by atoms with E-state index in [0.29, 0.717) is 0 Å². The summed E-state index contributed by atoms with van der Waals surface area (Å²) in [4.78, 5) is 0. The van der Waals surface area contributed by atoms with Crippen molar-refractivity contribution in [1.29, 1.82) is 0 Å². The third kappa shape index (κ3) is 11.2. The topological polar surface area (TPSA) is 65.7 Å². The van der Waals surface area contributed by atoms with Crippen LogP contribution in [0.4, 0.5) is 0 Å². The molecule has 0 spiro atoms. The van der Waals surface area contributed by atoms with Gasteiger partial charge in [-0.25, -0.2) is 0 Å². The molecular formula is C100H120O5. The first kappa shape index (κ1) is 77.3. The van der Waals surface area contributed by atoms with Crippen molar-refractivity contribution in [1.82, 2.24) is 0 Å². The van der Waals surface area contributed by atoms with E-state index < -0.39 is 0 Å². The van der Waals surface area contributed by atoms with Crippen molar-refractivity contribution in [3.05, 3.63) is 223 Å². The van der Waals surface area contributed by atoms with Crippen LogP contribution in [0.25, 0.3) is 110 Å². The van der Waals surface area contributed by atoms with Gasteiger partial charge < -0.3 is 22.1 Å². The quantitative estimate of drug-likeness (QED) is 0.151. The van der Waals surface area contributed by atoms with Crippen LogP contribution in [0.3, 0.4) is 0 Å². The Morgan fingerprint density at radius 2 is 0.133 bits per heavy atom. The number of furan rings is 5. The van der Waals surface area contributed by atoms with Crippen molar-refractivity contribution in [2.75, 3.05) is 0 Å². The molecule has 0 aliphatic carbocycles. The van der Waals surface area contributed by atoms with Crippen molar-refractivity contribution in [2.24, 2.45) is 0 Å². The lowest BCUT2D eigenvalue weighted by atomic mass is 9.90. The predicted molar refractivity (Wildman–Crippen MR) is 458 cm³/mol. The molecule has 0 amide bonds. The highest BCUT2D eigenvalue weighted by Gasteiger charge is 2.28. The molecule has 5 aromatic heterocycles. The van der Waals surface area contributed by atoms with Crippen LogP contribution in [-0.4, -0.2) is 0 Å². The fourth-order valence-electron chi connectivity index (χ4n) is 17.6. The molecule has 5 nitrogen and oxygen atoms in total. The van der Waals surface area contributed by atoms with Gasteiger partial charge in [-0.2, -0.15) is 0 Å². The fraction of sp³-hybridized carbons (Fsp3) is 0.400. The molecule has 0 N–H and O–H groups in total. The highest BCUT2D eigenvalue weighted by Crippen LogP contribution is 2.48. The highest BCUT2D eigenvalue weighted by atomic mass is 16.3. The zero-order valence-electron chi connectivity index (χ0n) is 72.0. The lowest BCUT2D eigenvalue weighted by molar-refractivity contribution is 0.660. The standard InChI is InChI=1S/5C20H24O/c5*1-9-11(3)15(7)19-17(13(9)5)18-14(6)10(2)12(4)16(8)20(18)21-19/h5*1-8H3. The van der Waals surface area contributed by atoms with Gasteiger partial charge >= 0.3 is 0 Å². The van der Waals surface area contributed by atoms with Crippen LogP contribution in [0.15, 0.2) is 22.1 Å². The zero-order valence-corrected chi connectivity index (χ0v) is 72.0. The van der Waals surface area contributed by atoms with Gasteiger partial charge in [0.1, 0.15) is 55.8 Å². The smallest absolute Gasteiger partial charge is 0.138 e. The highest BCUT2D eigenvalue weighted by molar-refractivity contribution is 6.16. The number of hydrogen-bond donors (Lipinski definition) is 0.